The van der Waals surface area contributed by atoms with Crippen LogP contribution in [0.2, 0.25) is 0 Å². The lowest BCUT2D eigenvalue weighted by Crippen LogP contribution is -2.10. The molecule has 0 radical (unpaired) electrons. The minimum atomic E-state index is 0.344. The van der Waals surface area contributed by atoms with Gasteiger partial charge in [-0.1, -0.05) is 30.4 Å². The molecule has 106 valence electrons. The van der Waals surface area contributed by atoms with Crippen LogP contribution in [0.1, 0.15) is 21.1 Å². The Bertz CT molecular complexity index is 611. The largest absolute Gasteiger partial charge is 0.486 e. The van der Waals surface area contributed by atoms with Crippen molar-refractivity contribution in [2.24, 2.45) is 5.73 Å². The van der Waals surface area contributed by atoms with Gasteiger partial charge in [-0.05, 0) is 18.6 Å². The molecule has 0 bridgehead atoms. The van der Waals surface area contributed by atoms with E-state index in [1.165, 1.54) is 11.3 Å². The number of aromatic nitrogens is 1. The first-order valence-electron chi connectivity index (χ1n) is 6.07. The van der Waals surface area contributed by atoms with Crippen LogP contribution in [-0.2, 0) is 18.0 Å². The highest BCUT2D eigenvalue weighted by Crippen LogP contribution is 2.22. The summed E-state index contributed by atoms with van der Waals surface area (Å²) in [5, 5.41) is 0.836. The zero-order valence-electron chi connectivity index (χ0n) is 11.4. The summed E-state index contributed by atoms with van der Waals surface area (Å²) < 4.78 is 10.9. The molecule has 6 heteroatoms. The Morgan fingerprint density at radius 2 is 2.10 bits per heavy atom. The number of rotatable bonds is 6. The van der Waals surface area contributed by atoms with Crippen molar-refractivity contribution < 1.29 is 9.47 Å². The van der Waals surface area contributed by atoms with Gasteiger partial charge in [0.15, 0.2) is 0 Å². The third kappa shape index (κ3) is 3.53. The molecule has 2 N–H and O–H groups in total. The van der Waals surface area contributed by atoms with Crippen LogP contribution in [0.5, 0.6) is 5.75 Å². The van der Waals surface area contributed by atoms with Crippen molar-refractivity contribution in [2.45, 2.75) is 20.1 Å². The first-order valence-corrected chi connectivity index (χ1v) is 7.30. The molecule has 0 atom stereocenters. The number of thiazole rings is 1. The Balaban J connectivity index is 2.12. The Morgan fingerprint density at radius 1 is 1.35 bits per heavy atom. The first-order chi connectivity index (χ1) is 9.61. The van der Waals surface area contributed by atoms with Gasteiger partial charge in [0.2, 0.25) is 0 Å². The number of nitrogens with two attached hydrogens (primary N) is 1. The zero-order chi connectivity index (χ0) is 14.5. The maximum absolute atomic E-state index is 5.77. The SMILES string of the molecule is COCc1nc(COc2ccccc2C)sc1C(N)=S. The molecular weight excluding hydrogens is 292 g/mol. The quantitative estimate of drug-likeness (QED) is 0.832. The van der Waals surface area contributed by atoms with Gasteiger partial charge in [-0.3, -0.25) is 0 Å². The van der Waals surface area contributed by atoms with E-state index >= 15 is 0 Å². The number of hydrogen-bond donors (Lipinski definition) is 1. The molecule has 4 nitrogen and oxygen atoms in total. The van der Waals surface area contributed by atoms with E-state index in [4.69, 9.17) is 27.4 Å². The minimum Gasteiger partial charge on any atom is -0.486 e. The van der Waals surface area contributed by atoms with Gasteiger partial charge in [0.25, 0.3) is 0 Å². The molecule has 0 unspecified atom stereocenters. The Labute approximate surface area is 127 Å². The lowest BCUT2D eigenvalue weighted by molar-refractivity contribution is 0.181. The topological polar surface area (TPSA) is 57.4 Å². The smallest absolute Gasteiger partial charge is 0.140 e. The van der Waals surface area contributed by atoms with E-state index in [9.17, 15) is 0 Å². The van der Waals surface area contributed by atoms with Crippen LogP contribution in [0.25, 0.3) is 0 Å². The van der Waals surface area contributed by atoms with Crippen LogP contribution in [0, 0.1) is 6.92 Å². The maximum atomic E-state index is 5.77. The summed E-state index contributed by atoms with van der Waals surface area (Å²) in [6.45, 7) is 2.80. The fraction of sp³-hybridized carbons (Fsp3) is 0.286. The van der Waals surface area contributed by atoms with Gasteiger partial charge in [0.1, 0.15) is 22.4 Å². The Morgan fingerprint density at radius 3 is 2.75 bits per heavy atom. The molecule has 0 fully saturated rings. The van der Waals surface area contributed by atoms with Crippen molar-refractivity contribution in [2.75, 3.05) is 7.11 Å². The summed E-state index contributed by atoms with van der Waals surface area (Å²) >= 11 is 6.48. The highest BCUT2D eigenvalue weighted by Gasteiger charge is 2.13. The third-order valence-corrected chi connectivity index (χ3v) is 4.13. The van der Waals surface area contributed by atoms with Crippen LogP contribution in [-0.4, -0.2) is 17.1 Å². The average molecular weight is 308 g/mol. The van der Waals surface area contributed by atoms with E-state index in [0.717, 1.165) is 26.9 Å². The average Bonchev–Trinajstić information content (AvgIpc) is 2.82. The van der Waals surface area contributed by atoms with Crippen molar-refractivity contribution in [3.8, 4) is 5.75 Å². The van der Waals surface area contributed by atoms with Crippen molar-refractivity contribution in [3.63, 3.8) is 0 Å². The minimum absolute atomic E-state index is 0.344. The molecule has 1 heterocycles. The van der Waals surface area contributed by atoms with E-state index in [-0.39, 0.29) is 0 Å². The van der Waals surface area contributed by atoms with E-state index in [0.29, 0.717) is 18.2 Å². The lowest BCUT2D eigenvalue weighted by Gasteiger charge is -2.06. The number of para-hydroxylation sites is 1. The van der Waals surface area contributed by atoms with Crippen LogP contribution < -0.4 is 10.5 Å². The van der Waals surface area contributed by atoms with Gasteiger partial charge in [0.05, 0.1) is 17.2 Å². The molecule has 20 heavy (non-hydrogen) atoms. The predicted octanol–water partition coefficient (Wildman–Crippen LogP) is 2.81. The van der Waals surface area contributed by atoms with Crippen LogP contribution in [0.3, 0.4) is 0 Å². The van der Waals surface area contributed by atoms with Crippen LogP contribution in [0.15, 0.2) is 24.3 Å². The Hall–Kier alpha value is -1.50. The first kappa shape index (κ1) is 14.9. The number of benzene rings is 1. The summed E-state index contributed by atoms with van der Waals surface area (Å²) in [7, 11) is 1.62. The maximum Gasteiger partial charge on any atom is 0.140 e. The monoisotopic (exact) mass is 308 g/mol. The summed E-state index contributed by atoms with van der Waals surface area (Å²) in [6, 6.07) is 7.87. The van der Waals surface area contributed by atoms with Crippen LogP contribution in [0.4, 0.5) is 0 Å². The normalized spacial score (nSPS) is 10.5. The van der Waals surface area contributed by atoms with Crippen molar-refractivity contribution >= 4 is 28.5 Å². The second kappa shape index (κ2) is 6.78. The molecule has 0 saturated heterocycles. The number of hydrogen-bond acceptors (Lipinski definition) is 5. The predicted molar refractivity (Wildman–Crippen MR) is 84.2 cm³/mol. The van der Waals surface area contributed by atoms with Gasteiger partial charge < -0.3 is 15.2 Å². The highest BCUT2D eigenvalue weighted by atomic mass is 32.1. The molecule has 0 spiro atoms. The lowest BCUT2D eigenvalue weighted by atomic mass is 10.2. The summed E-state index contributed by atoms with van der Waals surface area (Å²) in [5.41, 5.74) is 7.56. The molecule has 2 rings (SSSR count). The van der Waals surface area contributed by atoms with Crippen molar-refractivity contribution in [1.82, 2.24) is 4.98 Å². The zero-order valence-corrected chi connectivity index (χ0v) is 13.0. The Kier molecular flexibility index (Phi) is 5.05. The van der Waals surface area contributed by atoms with E-state index in [1.54, 1.807) is 7.11 Å². The van der Waals surface area contributed by atoms with E-state index < -0.39 is 0 Å². The molecule has 0 saturated carbocycles. The molecule has 0 aliphatic rings. The van der Waals surface area contributed by atoms with Gasteiger partial charge >= 0.3 is 0 Å². The third-order valence-electron chi connectivity index (χ3n) is 2.69. The van der Waals surface area contributed by atoms with Crippen molar-refractivity contribution in [1.29, 1.82) is 0 Å². The number of aryl methyl sites for hydroxylation is 1. The fourth-order valence-electron chi connectivity index (χ4n) is 1.75. The molecule has 2 aromatic rings. The number of ether oxygens (including phenoxy) is 2. The number of methoxy groups -OCH3 is 1. The van der Waals surface area contributed by atoms with Gasteiger partial charge in [-0.25, -0.2) is 4.98 Å². The van der Waals surface area contributed by atoms with E-state index in [1.807, 2.05) is 31.2 Å². The van der Waals surface area contributed by atoms with Gasteiger partial charge in [0, 0.05) is 7.11 Å². The number of nitrogens with zero attached hydrogens (tertiary/aromatic N) is 1. The van der Waals surface area contributed by atoms with Crippen molar-refractivity contribution in [3.05, 3.63) is 45.4 Å². The standard InChI is InChI=1S/C14H16N2O2S2/c1-9-5-3-4-6-11(9)18-8-12-16-10(7-17-2)13(20-12)14(15)19/h3-6H,7-8H2,1-2H3,(H2,15,19). The molecule has 0 amide bonds. The summed E-state index contributed by atoms with van der Waals surface area (Å²) in [5.74, 6) is 0.855. The molecule has 0 aliphatic carbocycles. The molecule has 0 aliphatic heterocycles. The van der Waals surface area contributed by atoms with Gasteiger partial charge in [-0.15, -0.1) is 11.3 Å². The fourth-order valence-corrected chi connectivity index (χ4v) is 2.82. The second-order valence-electron chi connectivity index (χ2n) is 4.23. The molecule has 1 aromatic heterocycles. The summed E-state index contributed by atoms with van der Waals surface area (Å²) in [6.07, 6.45) is 0. The summed E-state index contributed by atoms with van der Waals surface area (Å²) in [4.78, 5) is 5.61. The molecule has 1 aromatic carbocycles. The second-order valence-corrected chi connectivity index (χ2v) is 5.76. The van der Waals surface area contributed by atoms with E-state index in [2.05, 4.69) is 4.98 Å². The van der Waals surface area contributed by atoms with Gasteiger partial charge in [-0.2, -0.15) is 0 Å². The van der Waals surface area contributed by atoms with Crippen LogP contribution >= 0.6 is 23.6 Å². The highest BCUT2D eigenvalue weighted by molar-refractivity contribution is 7.81. The number of thiocarbonyl (C=S) groups is 1. The molecular formula is C14H16N2O2S2.